The Balaban J connectivity index is 2.14. The van der Waals surface area contributed by atoms with E-state index in [0.717, 1.165) is 0 Å². The number of aromatic nitrogens is 2. The summed E-state index contributed by atoms with van der Waals surface area (Å²) in [7, 11) is 1.74. The highest BCUT2D eigenvalue weighted by Gasteiger charge is 2.13. The number of hydrogen-bond donors (Lipinski definition) is 0. The van der Waals surface area contributed by atoms with Crippen LogP contribution in [0.1, 0.15) is 5.56 Å². The molecule has 7 heteroatoms. The lowest BCUT2D eigenvalue weighted by atomic mass is 10.2. The van der Waals surface area contributed by atoms with Gasteiger partial charge in [-0.3, -0.25) is 4.68 Å². The van der Waals surface area contributed by atoms with E-state index in [1.165, 1.54) is 12.1 Å². The van der Waals surface area contributed by atoms with Crippen molar-refractivity contribution in [2.75, 3.05) is 0 Å². The fourth-order valence-corrected chi connectivity index (χ4v) is 1.72. The van der Waals surface area contributed by atoms with Gasteiger partial charge in [0, 0.05) is 19.3 Å². The molecule has 0 atom stereocenters. The third kappa shape index (κ3) is 3.57. The number of alkyl halides is 2. The summed E-state index contributed by atoms with van der Waals surface area (Å²) in [6, 6.07) is 6.18. The van der Waals surface area contributed by atoms with Gasteiger partial charge < -0.3 is 9.47 Å². The van der Waals surface area contributed by atoms with Crippen LogP contribution in [0.2, 0.25) is 5.02 Å². The van der Waals surface area contributed by atoms with Crippen LogP contribution >= 0.6 is 11.6 Å². The van der Waals surface area contributed by atoms with Crippen LogP contribution in [0.5, 0.6) is 11.6 Å². The standard InChI is InChI=1S/C12H11ClF2N2O2/c1-17-6-5-11(16-17)18-7-8-9(13)3-2-4-10(8)19-12(14)15/h2-6,12H,7H2,1H3. The summed E-state index contributed by atoms with van der Waals surface area (Å²) in [6.45, 7) is -2.91. The molecule has 19 heavy (non-hydrogen) atoms. The predicted molar refractivity (Wildman–Crippen MR) is 65.6 cm³/mol. The predicted octanol–water partition coefficient (Wildman–Crippen LogP) is 3.25. The second-order valence-electron chi connectivity index (χ2n) is 3.71. The van der Waals surface area contributed by atoms with E-state index in [4.69, 9.17) is 16.3 Å². The number of benzene rings is 1. The summed E-state index contributed by atoms with van der Waals surface area (Å²) >= 11 is 5.95. The molecule has 1 aromatic heterocycles. The van der Waals surface area contributed by atoms with E-state index in [9.17, 15) is 8.78 Å². The molecule has 0 spiro atoms. The smallest absolute Gasteiger partial charge is 0.387 e. The zero-order valence-electron chi connectivity index (χ0n) is 10.0. The van der Waals surface area contributed by atoms with Crippen LogP contribution in [-0.4, -0.2) is 16.4 Å². The zero-order chi connectivity index (χ0) is 13.8. The molecule has 0 N–H and O–H groups in total. The molecule has 0 amide bonds. The minimum absolute atomic E-state index is 0.00125. The molecule has 102 valence electrons. The SMILES string of the molecule is Cn1ccc(OCc2c(Cl)cccc2OC(F)F)n1. The number of hydrogen-bond acceptors (Lipinski definition) is 3. The van der Waals surface area contributed by atoms with Gasteiger partial charge in [0.2, 0.25) is 5.88 Å². The summed E-state index contributed by atoms with van der Waals surface area (Å²) in [4.78, 5) is 0. The molecule has 0 aliphatic rings. The van der Waals surface area contributed by atoms with Gasteiger partial charge in [-0.2, -0.15) is 8.78 Å². The first-order valence-electron chi connectivity index (χ1n) is 5.41. The van der Waals surface area contributed by atoms with E-state index in [1.807, 2.05) is 0 Å². The first-order valence-corrected chi connectivity index (χ1v) is 5.78. The van der Waals surface area contributed by atoms with Gasteiger partial charge in [-0.25, -0.2) is 0 Å². The molecule has 4 nitrogen and oxygen atoms in total. The van der Waals surface area contributed by atoms with Crippen LogP contribution in [-0.2, 0) is 13.7 Å². The van der Waals surface area contributed by atoms with Gasteiger partial charge in [-0.1, -0.05) is 17.7 Å². The highest BCUT2D eigenvalue weighted by molar-refractivity contribution is 6.31. The Morgan fingerprint density at radius 1 is 1.37 bits per heavy atom. The fraction of sp³-hybridized carbons (Fsp3) is 0.250. The Bertz CT molecular complexity index is 560. The summed E-state index contributed by atoms with van der Waals surface area (Å²) in [5.41, 5.74) is 0.357. The number of aryl methyl sites for hydroxylation is 1. The van der Waals surface area contributed by atoms with Crippen LogP contribution in [0.4, 0.5) is 8.78 Å². The number of ether oxygens (including phenoxy) is 2. The van der Waals surface area contributed by atoms with Crippen LogP contribution in [0, 0.1) is 0 Å². The molecule has 0 saturated heterocycles. The molecule has 1 heterocycles. The first kappa shape index (κ1) is 13.6. The molecule has 2 rings (SSSR count). The van der Waals surface area contributed by atoms with Gasteiger partial charge in [0.1, 0.15) is 12.4 Å². The monoisotopic (exact) mass is 288 g/mol. The molecule has 0 radical (unpaired) electrons. The van der Waals surface area contributed by atoms with Crippen molar-refractivity contribution in [3.05, 3.63) is 41.0 Å². The van der Waals surface area contributed by atoms with Gasteiger partial charge in [-0.05, 0) is 12.1 Å². The van der Waals surface area contributed by atoms with Crippen molar-refractivity contribution in [2.45, 2.75) is 13.2 Å². The lowest BCUT2D eigenvalue weighted by molar-refractivity contribution is -0.0508. The highest BCUT2D eigenvalue weighted by atomic mass is 35.5. The van der Waals surface area contributed by atoms with Gasteiger partial charge in [-0.15, -0.1) is 5.10 Å². The Morgan fingerprint density at radius 3 is 2.79 bits per heavy atom. The molecule has 0 aliphatic heterocycles. The van der Waals surface area contributed by atoms with Crippen molar-refractivity contribution in [3.8, 4) is 11.6 Å². The third-order valence-corrected chi connectivity index (χ3v) is 2.70. The van der Waals surface area contributed by atoms with Crippen molar-refractivity contribution in [1.82, 2.24) is 9.78 Å². The molecule has 0 fully saturated rings. The highest BCUT2D eigenvalue weighted by Crippen LogP contribution is 2.28. The van der Waals surface area contributed by atoms with Crippen molar-refractivity contribution in [3.63, 3.8) is 0 Å². The topological polar surface area (TPSA) is 36.3 Å². The second kappa shape index (κ2) is 5.88. The van der Waals surface area contributed by atoms with Crippen LogP contribution in [0.25, 0.3) is 0 Å². The van der Waals surface area contributed by atoms with E-state index < -0.39 is 6.61 Å². The molecule has 0 saturated carbocycles. The minimum Gasteiger partial charge on any atom is -0.472 e. The van der Waals surface area contributed by atoms with Crippen LogP contribution < -0.4 is 9.47 Å². The van der Waals surface area contributed by atoms with E-state index in [1.54, 1.807) is 30.1 Å². The van der Waals surface area contributed by atoms with E-state index in [2.05, 4.69) is 9.84 Å². The number of nitrogens with zero attached hydrogens (tertiary/aromatic N) is 2. The third-order valence-electron chi connectivity index (χ3n) is 2.35. The maximum absolute atomic E-state index is 12.3. The van der Waals surface area contributed by atoms with E-state index in [-0.39, 0.29) is 12.4 Å². The average Bonchev–Trinajstić information content (AvgIpc) is 2.73. The summed E-state index contributed by atoms with van der Waals surface area (Å²) in [6.07, 6.45) is 1.71. The maximum Gasteiger partial charge on any atom is 0.387 e. The Kier molecular flexibility index (Phi) is 4.21. The van der Waals surface area contributed by atoms with Gasteiger partial charge in [0.05, 0.1) is 10.6 Å². The van der Waals surface area contributed by atoms with Crippen molar-refractivity contribution in [2.24, 2.45) is 7.05 Å². The molecular weight excluding hydrogens is 278 g/mol. The molecule has 0 unspecified atom stereocenters. The number of halogens is 3. The average molecular weight is 289 g/mol. The lowest BCUT2D eigenvalue weighted by Crippen LogP contribution is -2.07. The molecule has 0 bridgehead atoms. The summed E-state index contributed by atoms with van der Waals surface area (Å²) in [5, 5.41) is 4.31. The van der Waals surface area contributed by atoms with Gasteiger partial charge >= 0.3 is 6.61 Å². The number of rotatable bonds is 5. The normalized spacial score (nSPS) is 10.8. The summed E-state index contributed by atoms with van der Waals surface area (Å²) < 4.78 is 35.9. The maximum atomic E-state index is 12.3. The molecule has 2 aromatic rings. The largest absolute Gasteiger partial charge is 0.472 e. The molecule has 1 aromatic carbocycles. The first-order chi connectivity index (χ1) is 9.06. The van der Waals surface area contributed by atoms with E-state index in [0.29, 0.717) is 16.5 Å². The second-order valence-corrected chi connectivity index (χ2v) is 4.12. The summed E-state index contributed by atoms with van der Waals surface area (Å²) in [5.74, 6) is 0.379. The lowest BCUT2D eigenvalue weighted by Gasteiger charge is -2.12. The van der Waals surface area contributed by atoms with E-state index >= 15 is 0 Å². The van der Waals surface area contributed by atoms with Crippen molar-refractivity contribution >= 4 is 11.6 Å². The van der Waals surface area contributed by atoms with Gasteiger partial charge in [0.25, 0.3) is 0 Å². The zero-order valence-corrected chi connectivity index (χ0v) is 10.8. The molecule has 0 aliphatic carbocycles. The quantitative estimate of drug-likeness (QED) is 0.847. The van der Waals surface area contributed by atoms with Crippen molar-refractivity contribution < 1.29 is 18.3 Å². The Hall–Kier alpha value is -1.82. The molecular formula is C12H11ClF2N2O2. The Morgan fingerprint density at radius 2 is 2.16 bits per heavy atom. The van der Waals surface area contributed by atoms with Gasteiger partial charge in [0.15, 0.2) is 0 Å². The van der Waals surface area contributed by atoms with Crippen molar-refractivity contribution in [1.29, 1.82) is 0 Å². The fourth-order valence-electron chi connectivity index (χ4n) is 1.50. The van der Waals surface area contributed by atoms with Crippen LogP contribution in [0.15, 0.2) is 30.5 Å². The minimum atomic E-state index is -2.91. The Labute approximate surface area is 113 Å². The van der Waals surface area contributed by atoms with Crippen LogP contribution in [0.3, 0.4) is 0 Å².